The number of nitro benzene ring substituents is 1. The number of halogens is 1. The van der Waals surface area contributed by atoms with Crippen molar-refractivity contribution in [3.8, 4) is 11.4 Å². The number of carbonyl (C=O) groups is 1. The van der Waals surface area contributed by atoms with Crippen molar-refractivity contribution in [2.24, 2.45) is 0 Å². The third kappa shape index (κ3) is 4.42. The molecule has 1 heterocycles. The number of nitro groups is 1. The summed E-state index contributed by atoms with van der Waals surface area (Å²) in [7, 11) is 0. The van der Waals surface area contributed by atoms with Crippen molar-refractivity contribution in [1.29, 1.82) is 0 Å². The maximum absolute atomic E-state index is 12.4. The Morgan fingerprint density at radius 3 is 2.63 bits per heavy atom. The molecule has 0 aliphatic heterocycles. The molecule has 1 aromatic heterocycles. The summed E-state index contributed by atoms with van der Waals surface area (Å²) in [4.78, 5) is 22.8. The number of nitrogens with zero attached hydrogens (tertiary/aromatic N) is 4. The topological polar surface area (TPSA) is 90.9 Å². The first-order valence-corrected chi connectivity index (χ1v) is 9.87. The predicted octanol–water partition coefficient (Wildman–Crippen LogP) is 4.61. The summed E-state index contributed by atoms with van der Waals surface area (Å²) in [5.41, 5.74) is 1.15. The Morgan fingerprint density at radius 2 is 1.96 bits per heavy atom. The fourth-order valence-corrected chi connectivity index (χ4v) is 3.66. The predicted molar refractivity (Wildman–Crippen MR) is 107 cm³/mol. The average Bonchev–Trinajstić information content (AvgIpc) is 3.09. The second-order valence-electron chi connectivity index (χ2n) is 5.58. The van der Waals surface area contributed by atoms with E-state index in [1.54, 1.807) is 6.07 Å². The number of ketones is 1. The minimum absolute atomic E-state index is 0.0971. The van der Waals surface area contributed by atoms with Crippen molar-refractivity contribution < 1.29 is 9.72 Å². The molecule has 0 atom stereocenters. The molecule has 0 N–H and O–H groups in total. The lowest BCUT2D eigenvalue weighted by molar-refractivity contribution is -0.384. The van der Waals surface area contributed by atoms with Crippen LogP contribution in [0.15, 0.2) is 58.2 Å². The summed E-state index contributed by atoms with van der Waals surface area (Å²) in [6.07, 6.45) is 0. The van der Waals surface area contributed by atoms with Crippen molar-refractivity contribution in [2.75, 3.05) is 5.75 Å². The van der Waals surface area contributed by atoms with Crippen molar-refractivity contribution >= 4 is 39.2 Å². The fraction of sp³-hybridized carbons (Fsp3) is 0.167. The lowest BCUT2D eigenvalue weighted by atomic mass is 10.1. The largest absolute Gasteiger partial charge is 0.302 e. The van der Waals surface area contributed by atoms with Gasteiger partial charge in [-0.2, -0.15) is 0 Å². The van der Waals surface area contributed by atoms with Crippen LogP contribution < -0.4 is 0 Å². The number of thioether (sulfide) groups is 1. The Hall–Kier alpha value is -2.52. The van der Waals surface area contributed by atoms with Crippen LogP contribution in [0, 0.1) is 10.1 Å². The van der Waals surface area contributed by atoms with Crippen LogP contribution in [0.4, 0.5) is 5.69 Å². The number of non-ortho nitro benzene ring substituents is 1. The van der Waals surface area contributed by atoms with E-state index in [0.717, 1.165) is 15.9 Å². The summed E-state index contributed by atoms with van der Waals surface area (Å²) < 4.78 is 2.92. The molecular weight excluding hydrogens is 432 g/mol. The SMILES string of the molecule is CCn1c(SCC(=O)c2cccc([N+](=O)[O-])c2)nnc1-c1ccc(Br)cc1. The Kier molecular flexibility index (Phi) is 6.02. The van der Waals surface area contributed by atoms with Crippen LogP contribution in [0.2, 0.25) is 0 Å². The number of carbonyl (C=O) groups excluding carboxylic acids is 1. The Morgan fingerprint density at radius 1 is 1.22 bits per heavy atom. The number of benzene rings is 2. The molecule has 3 rings (SSSR count). The van der Waals surface area contributed by atoms with Gasteiger partial charge in [0, 0.05) is 34.3 Å². The summed E-state index contributed by atoms with van der Waals surface area (Å²) in [6, 6.07) is 13.5. The molecule has 0 aliphatic rings. The number of rotatable bonds is 7. The highest BCUT2D eigenvalue weighted by Gasteiger charge is 2.16. The van der Waals surface area contributed by atoms with Crippen molar-refractivity contribution in [1.82, 2.24) is 14.8 Å². The van der Waals surface area contributed by atoms with E-state index in [9.17, 15) is 14.9 Å². The Bertz CT molecular complexity index is 989. The van der Waals surface area contributed by atoms with Crippen LogP contribution in [0.5, 0.6) is 0 Å². The maximum atomic E-state index is 12.4. The highest BCUT2D eigenvalue weighted by Crippen LogP contribution is 2.26. The quantitative estimate of drug-likeness (QED) is 0.227. The minimum Gasteiger partial charge on any atom is -0.302 e. The van der Waals surface area contributed by atoms with Gasteiger partial charge in [0.05, 0.1) is 10.7 Å². The molecule has 0 radical (unpaired) electrons. The van der Waals surface area contributed by atoms with E-state index in [1.807, 2.05) is 35.8 Å². The molecule has 0 bridgehead atoms. The lowest BCUT2D eigenvalue weighted by Gasteiger charge is -2.07. The number of aromatic nitrogens is 3. The smallest absolute Gasteiger partial charge is 0.270 e. The van der Waals surface area contributed by atoms with Crippen LogP contribution >= 0.6 is 27.7 Å². The van der Waals surface area contributed by atoms with Gasteiger partial charge in [-0.25, -0.2) is 0 Å². The molecule has 0 spiro atoms. The monoisotopic (exact) mass is 446 g/mol. The number of hydrogen-bond donors (Lipinski definition) is 0. The van der Waals surface area contributed by atoms with Crippen molar-refractivity contribution in [3.63, 3.8) is 0 Å². The summed E-state index contributed by atoms with van der Waals surface area (Å²) in [5.74, 6) is 0.662. The fourth-order valence-electron chi connectivity index (χ4n) is 2.50. The van der Waals surface area contributed by atoms with Gasteiger partial charge in [-0.15, -0.1) is 10.2 Å². The highest BCUT2D eigenvalue weighted by molar-refractivity contribution is 9.10. The van der Waals surface area contributed by atoms with Gasteiger partial charge in [-0.05, 0) is 19.1 Å². The van der Waals surface area contributed by atoms with Crippen molar-refractivity contribution in [2.45, 2.75) is 18.6 Å². The number of hydrogen-bond acceptors (Lipinski definition) is 6. The van der Waals surface area contributed by atoms with Gasteiger partial charge in [-0.1, -0.05) is 52.0 Å². The molecule has 27 heavy (non-hydrogen) atoms. The zero-order valence-electron chi connectivity index (χ0n) is 14.3. The zero-order valence-corrected chi connectivity index (χ0v) is 16.7. The molecule has 0 amide bonds. The van der Waals surface area contributed by atoms with E-state index >= 15 is 0 Å². The van der Waals surface area contributed by atoms with Crippen LogP contribution in [0.25, 0.3) is 11.4 Å². The number of Topliss-reactive ketones (excluding diaryl/α,β-unsaturated/α-hetero) is 1. The first-order valence-electron chi connectivity index (χ1n) is 8.09. The molecule has 3 aromatic rings. The summed E-state index contributed by atoms with van der Waals surface area (Å²) in [5, 5.41) is 19.9. The van der Waals surface area contributed by atoms with Gasteiger partial charge in [0.1, 0.15) is 0 Å². The first-order chi connectivity index (χ1) is 13.0. The van der Waals surface area contributed by atoms with Gasteiger partial charge in [-0.3, -0.25) is 14.9 Å². The summed E-state index contributed by atoms with van der Waals surface area (Å²) >= 11 is 4.68. The van der Waals surface area contributed by atoms with E-state index in [-0.39, 0.29) is 17.2 Å². The van der Waals surface area contributed by atoms with Gasteiger partial charge in [0.15, 0.2) is 16.8 Å². The second-order valence-corrected chi connectivity index (χ2v) is 7.43. The minimum atomic E-state index is -0.512. The van der Waals surface area contributed by atoms with E-state index in [0.29, 0.717) is 17.3 Å². The third-order valence-electron chi connectivity index (χ3n) is 3.85. The third-order valence-corrected chi connectivity index (χ3v) is 5.34. The van der Waals surface area contributed by atoms with Gasteiger partial charge >= 0.3 is 0 Å². The zero-order chi connectivity index (χ0) is 19.4. The second kappa shape index (κ2) is 8.45. The van der Waals surface area contributed by atoms with Gasteiger partial charge in [0.2, 0.25) is 0 Å². The van der Waals surface area contributed by atoms with Crippen LogP contribution in [0.3, 0.4) is 0 Å². The molecule has 0 saturated heterocycles. The maximum Gasteiger partial charge on any atom is 0.270 e. The Balaban J connectivity index is 1.76. The molecule has 0 aliphatic carbocycles. The molecule has 9 heteroatoms. The highest BCUT2D eigenvalue weighted by atomic mass is 79.9. The molecule has 0 unspecified atom stereocenters. The molecule has 0 fully saturated rings. The normalized spacial score (nSPS) is 10.7. The average molecular weight is 447 g/mol. The molecule has 7 nitrogen and oxygen atoms in total. The van der Waals surface area contributed by atoms with E-state index in [4.69, 9.17) is 0 Å². The molecule has 0 saturated carbocycles. The standard InChI is InChI=1S/C18H15BrN4O3S/c1-2-22-17(12-6-8-14(19)9-7-12)20-21-18(22)27-11-16(24)13-4-3-5-15(10-13)23(25)26/h3-10H,2,11H2,1H3. The van der Waals surface area contributed by atoms with Gasteiger partial charge < -0.3 is 4.57 Å². The molecule has 138 valence electrons. The van der Waals surface area contributed by atoms with Crippen molar-refractivity contribution in [3.05, 3.63) is 68.7 Å². The van der Waals surface area contributed by atoms with Crippen LogP contribution in [0.1, 0.15) is 17.3 Å². The lowest BCUT2D eigenvalue weighted by Crippen LogP contribution is -2.05. The van der Waals surface area contributed by atoms with E-state index in [2.05, 4.69) is 26.1 Å². The van der Waals surface area contributed by atoms with Gasteiger partial charge in [0.25, 0.3) is 5.69 Å². The van der Waals surface area contributed by atoms with Crippen LogP contribution in [-0.4, -0.2) is 31.2 Å². The Labute approximate surface area is 168 Å². The van der Waals surface area contributed by atoms with E-state index < -0.39 is 4.92 Å². The molecule has 2 aromatic carbocycles. The first kappa shape index (κ1) is 19.2. The molecular formula is C18H15BrN4O3S. The van der Waals surface area contributed by atoms with E-state index in [1.165, 1.54) is 30.0 Å². The summed E-state index contributed by atoms with van der Waals surface area (Å²) in [6.45, 7) is 2.64. The van der Waals surface area contributed by atoms with Crippen LogP contribution in [-0.2, 0) is 6.54 Å².